The maximum Gasteiger partial charge on any atom is 0.270 e. The summed E-state index contributed by atoms with van der Waals surface area (Å²) in [6, 6.07) is 12.4. The molecule has 0 saturated carbocycles. The highest BCUT2D eigenvalue weighted by molar-refractivity contribution is 6.00. The zero-order valence-electron chi connectivity index (χ0n) is 14.4. The Morgan fingerprint density at radius 1 is 1.24 bits per heavy atom. The van der Waals surface area contributed by atoms with E-state index in [9.17, 15) is 14.9 Å². The Labute approximate surface area is 146 Å². The van der Waals surface area contributed by atoms with E-state index in [0.717, 1.165) is 24.8 Å². The maximum atomic E-state index is 12.9. The summed E-state index contributed by atoms with van der Waals surface area (Å²) in [7, 11) is 3.63. The van der Waals surface area contributed by atoms with Crippen molar-refractivity contribution in [2.75, 3.05) is 19.0 Å². The molecule has 2 aromatic rings. The highest BCUT2D eigenvalue weighted by Crippen LogP contribution is 2.31. The minimum atomic E-state index is -0.480. The molecule has 6 nitrogen and oxygen atoms in total. The first-order valence-electron chi connectivity index (χ1n) is 8.32. The van der Waals surface area contributed by atoms with Crippen LogP contribution in [0.4, 0.5) is 11.4 Å². The lowest BCUT2D eigenvalue weighted by atomic mass is 9.87. The fourth-order valence-electron chi connectivity index (χ4n) is 3.35. The van der Waals surface area contributed by atoms with E-state index in [1.807, 2.05) is 32.3 Å². The van der Waals surface area contributed by atoms with Gasteiger partial charge in [0.1, 0.15) is 0 Å². The summed E-state index contributed by atoms with van der Waals surface area (Å²) in [5.74, 6) is -0.283. The van der Waals surface area contributed by atoms with Crippen LogP contribution in [0.2, 0.25) is 0 Å². The van der Waals surface area contributed by atoms with Crippen molar-refractivity contribution >= 4 is 17.3 Å². The van der Waals surface area contributed by atoms with Crippen LogP contribution in [0.25, 0.3) is 0 Å². The second-order valence-corrected chi connectivity index (χ2v) is 6.47. The third-order valence-corrected chi connectivity index (χ3v) is 4.59. The summed E-state index contributed by atoms with van der Waals surface area (Å²) in [5, 5.41) is 14.1. The molecule has 2 aromatic carbocycles. The number of amides is 1. The quantitative estimate of drug-likeness (QED) is 0.683. The van der Waals surface area contributed by atoms with Gasteiger partial charge >= 0.3 is 0 Å². The number of nitro groups is 1. The number of carbonyl (C=O) groups is 1. The molecule has 1 amide bonds. The molecule has 0 aromatic heterocycles. The minimum Gasteiger partial charge on any atom is -0.377 e. The van der Waals surface area contributed by atoms with Gasteiger partial charge in [-0.2, -0.15) is 0 Å². The number of anilines is 1. The summed E-state index contributed by atoms with van der Waals surface area (Å²) < 4.78 is 0. The highest BCUT2D eigenvalue weighted by atomic mass is 16.6. The van der Waals surface area contributed by atoms with Crippen LogP contribution in [-0.4, -0.2) is 24.9 Å². The van der Waals surface area contributed by atoms with Crippen LogP contribution in [0.5, 0.6) is 0 Å². The minimum absolute atomic E-state index is 0.0632. The number of benzene rings is 2. The van der Waals surface area contributed by atoms with E-state index < -0.39 is 4.92 Å². The van der Waals surface area contributed by atoms with Crippen LogP contribution in [0.1, 0.15) is 40.4 Å². The van der Waals surface area contributed by atoms with E-state index in [-0.39, 0.29) is 17.6 Å². The average Bonchev–Trinajstić information content (AvgIpc) is 2.61. The molecule has 6 heteroatoms. The predicted octanol–water partition coefficient (Wildman–Crippen LogP) is 3.47. The van der Waals surface area contributed by atoms with Gasteiger partial charge < -0.3 is 10.2 Å². The Morgan fingerprint density at radius 3 is 2.72 bits per heavy atom. The van der Waals surface area contributed by atoms with Crippen LogP contribution in [0.3, 0.4) is 0 Å². The summed E-state index contributed by atoms with van der Waals surface area (Å²) in [5.41, 5.74) is 3.29. The van der Waals surface area contributed by atoms with Gasteiger partial charge in [-0.25, -0.2) is 0 Å². The summed E-state index contributed by atoms with van der Waals surface area (Å²) in [4.78, 5) is 25.2. The normalized spacial score (nSPS) is 16.0. The number of rotatable bonds is 4. The average molecular weight is 339 g/mol. The third-order valence-electron chi connectivity index (χ3n) is 4.59. The van der Waals surface area contributed by atoms with Crippen LogP contribution in [-0.2, 0) is 6.42 Å². The van der Waals surface area contributed by atoms with E-state index in [0.29, 0.717) is 11.3 Å². The Kier molecular flexibility index (Phi) is 4.70. The van der Waals surface area contributed by atoms with Gasteiger partial charge in [0.25, 0.3) is 11.6 Å². The lowest BCUT2D eigenvalue weighted by Crippen LogP contribution is -2.32. The van der Waals surface area contributed by atoms with E-state index >= 15 is 0 Å². The number of nitro benzene ring substituents is 1. The molecule has 1 aliphatic carbocycles. The smallest absolute Gasteiger partial charge is 0.270 e. The molecular formula is C19H21N3O3. The van der Waals surface area contributed by atoms with Gasteiger partial charge in [-0.1, -0.05) is 24.3 Å². The monoisotopic (exact) mass is 339 g/mol. The molecule has 0 radical (unpaired) electrons. The molecule has 1 aliphatic rings. The zero-order chi connectivity index (χ0) is 18.0. The molecule has 130 valence electrons. The van der Waals surface area contributed by atoms with Crippen molar-refractivity contribution < 1.29 is 9.72 Å². The van der Waals surface area contributed by atoms with E-state index in [1.165, 1.54) is 17.7 Å². The number of carbonyl (C=O) groups excluding carboxylic acids is 1. The van der Waals surface area contributed by atoms with Crippen LogP contribution < -0.4 is 10.2 Å². The largest absolute Gasteiger partial charge is 0.377 e. The third kappa shape index (κ3) is 3.47. The van der Waals surface area contributed by atoms with E-state index in [1.54, 1.807) is 11.0 Å². The maximum absolute atomic E-state index is 12.9. The Balaban J connectivity index is 1.91. The van der Waals surface area contributed by atoms with Gasteiger partial charge in [0.05, 0.1) is 16.5 Å². The Bertz CT molecular complexity index is 817. The molecular weight excluding hydrogens is 318 g/mol. The summed E-state index contributed by atoms with van der Waals surface area (Å²) >= 11 is 0. The van der Waals surface area contributed by atoms with Crippen molar-refractivity contribution in [3.05, 3.63) is 69.3 Å². The molecule has 1 atom stereocenters. The standard InChI is InChI=1S/C19H21N3O3/c1-21(2)18-11-10-14(22(24)25)12-16(18)19(23)20-17-9-5-7-13-6-3-4-8-15(13)17/h3-4,6,8,10-12,17H,5,7,9H2,1-2H3,(H,20,23)/t17-/m1/s1. The molecule has 0 heterocycles. The lowest BCUT2D eigenvalue weighted by Gasteiger charge is -2.27. The number of aryl methyl sites for hydroxylation is 1. The molecule has 0 unspecified atom stereocenters. The molecule has 25 heavy (non-hydrogen) atoms. The molecule has 0 bridgehead atoms. The van der Waals surface area contributed by atoms with Crippen molar-refractivity contribution in [1.29, 1.82) is 0 Å². The van der Waals surface area contributed by atoms with Crippen molar-refractivity contribution in [3.8, 4) is 0 Å². The zero-order valence-corrected chi connectivity index (χ0v) is 14.4. The number of hydrogen-bond donors (Lipinski definition) is 1. The van der Waals surface area contributed by atoms with Crippen LogP contribution >= 0.6 is 0 Å². The molecule has 0 spiro atoms. The van der Waals surface area contributed by atoms with Crippen LogP contribution in [0, 0.1) is 10.1 Å². The van der Waals surface area contributed by atoms with Crippen LogP contribution in [0.15, 0.2) is 42.5 Å². The van der Waals surface area contributed by atoms with E-state index in [4.69, 9.17) is 0 Å². The van der Waals surface area contributed by atoms with Crippen molar-refractivity contribution in [2.24, 2.45) is 0 Å². The molecule has 0 aliphatic heterocycles. The summed E-state index contributed by atoms with van der Waals surface area (Å²) in [6.07, 6.45) is 2.90. The van der Waals surface area contributed by atoms with Gasteiger partial charge in [-0.15, -0.1) is 0 Å². The molecule has 1 N–H and O–H groups in total. The topological polar surface area (TPSA) is 75.5 Å². The number of non-ortho nitro benzene ring substituents is 1. The first-order chi connectivity index (χ1) is 12.0. The van der Waals surface area contributed by atoms with Gasteiger partial charge in [0, 0.05) is 31.9 Å². The second-order valence-electron chi connectivity index (χ2n) is 6.47. The fraction of sp³-hybridized carbons (Fsp3) is 0.316. The van der Waals surface area contributed by atoms with Crippen molar-refractivity contribution in [1.82, 2.24) is 5.32 Å². The first kappa shape index (κ1) is 17.0. The van der Waals surface area contributed by atoms with Crippen molar-refractivity contribution in [2.45, 2.75) is 25.3 Å². The predicted molar refractivity (Wildman–Crippen MR) is 97.0 cm³/mol. The number of nitrogens with zero attached hydrogens (tertiary/aromatic N) is 2. The number of nitrogens with one attached hydrogen (secondary N) is 1. The Morgan fingerprint density at radius 2 is 2.00 bits per heavy atom. The molecule has 3 rings (SSSR count). The number of hydrogen-bond acceptors (Lipinski definition) is 4. The van der Waals surface area contributed by atoms with Gasteiger partial charge in [-0.3, -0.25) is 14.9 Å². The van der Waals surface area contributed by atoms with Gasteiger partial charge in [0.2, 0.25) is 0 Å². The SMILES string of the molecule is CN(C)c1ccc([N+](=O)[O-])cc1C(=O)N[C@@H]1CCCc2ccccc21. The van der Waals surface area contributed by atoms with Crippen molar-refractivity contribution in [3.63, 3.8) is 0 Å². The first-order valence-corrected chi connectivity index (χ1v) is 8.32. The molecule has 0 saturated heterocycles. The van der Waals surface area contributed by atoms with E-state index in [2.05, 4.69) is 11.4 Å². The Hall–Kier alpha value is -2.89. The summed E-state index contributed by atoms with van der Waals surface area (Å²) in [6.45, 7) is 0. The van der Waals surface area contributed by atoms with Gasteiger partial charge in [-0.05, 0) is 36.5 Å². The van der Waals surface area contributed by atoms with Gasteiger partial charge in [0.15, 0.2) is 0 Å². The second kappa shape index (κ2) is 6.93. The lowest BCUT2D eigenvalue weighted by molar-refractivity contribution is -0.384. The fourth-order valence-corrected chi connectivity index (χ4v) is 3.35. The molecule has 0 fully saturated rings. The highest BCUT2D eigenvalue weighted by Gasteiger charge is 2.24. The number of fused-ring (bicyclic) bond motifs is 1.